The average Bonchev–Trinajstić information content (AvgIpc) is 3.02. The van der Waals surface area contributed by atoms with Crippen LogP contribution >= 0.6 is 0 Å². The van der Waals surface area contributed by atoms with Crippen LogP contribution in [0.2, 0.25) is 0 Å². The van der Waals surface area contributed by atoms with Crippen molar-refractivity contribution in [1.82, 2.24) is 4.40 Å². The van der Waals surface area contributed by atoms with Crippen molar-refractivity contribution >= 4 is 54.8 Å². The number of benzene rings is 6. The smallest absolute Gasteiger partial charge is 0.0890 e. The minimum absolute atomic E-state index is 0.733. The van der Waals surface area contributed by atoms with E-state index in [4.69, 9.17) is 4.99 Å². The molecule has 0 N–H and O–H groups in total. The van der Waals surface area contributed by atoms with Crippen molar-refractivity contribution in [3.63, 3.8) is 0 Å². The maximum Gasteiger partial charge on any atom is 0.0890 e. The first-order chi connectivity index (χ1) is 19.8. The van der Waals surface area contributed by atoms with Crippen molar-refractivity contribution < 1.29 is 0 Å². The van der Waals surface area contributed by atoms with Crippen LogP contribution in [-0.4, -0.2) is 10.9 Å². The average molecular weight is 513 g/mol. The van der Waals surface area contributed by atoms with Crippen molar-refractivity contribution in [3.05, 3.63) is 126 Å². The van der Waals surface area contributed by atoms with Crippen LogP contribution in [-0.2, 0) is 0 Å². The highest BCUT2D eigenvalue weighted by Crippen LogP contribution is 2.43. The molecular formula is C38H28N2. The van der Waals surface area contributed by atoms with E-state index in [1.54, 1.807) is 0 Å². The van der Waals surface area contributed by atoms with Crippen LogP contribution in [0.25, 0.3) is 77.1 Å². The van der Waals surface area contributed by atoms with Gasteiger partial charge in [0.05, 0.1) is 21.7 Å². The second-order valence-corrected chi connectivity index (χ2v) is 10.5. The van der Waals surface area contributed by atoms with Crippen LogP contribution in [0.5, 0.6) is 0 Å². The van der Waals surface area contributed by atoms with E-state index < -0.39 is 0 Å². The van der Waals surface area contributed by atoms with Crippen molar-refractivity contribution in [1.29, 1.82) is 0 Å². The summed E-state index contributed by atoms with van der Waals surface area (Å²) in [5.74, 6) is 0. The number of nitrogens with zero attached hydrogens (tertiary/aromatic N) is 2. The highest BCUT2D eigenvalue weighted by molar-refractivity contribution is 6.29. The number of hydrogen-bond acceptors (Lipinski definition) is 1. The lowest BCUT2D eigenvalue weighted by Gasteiger charge is -2.22. The van der Waals surface area contributed by atoms with Crippen LogP contribution in [0.4, 0.5) is 0 Å². The summed E-state index contributed by atoms with van der Waals surface area (Å²) in [7, 11) is 0. The predicted molar refractivity (Wildman–Crippen MR) is 171 cm³/mol. The van der Waals surface area contributed by atoms with E-state index in [1.807, 2.05) is 0 Å². The Morgan fingerprint density at radius 3 is 1.90 bits per heavy atom. The summed E-state index contributed by atoms with van der Waals surface area (Å²) < 4.78 is 2.48. The van der Waals surface area contributed by atoms with Gasteiger partial charge in [-0.2, -0.15) is 0 Å². The molecule has 190 valence electrons. The van der Waals surface area contributed by atoms with Crippen molar-refractivity contribution in [2.45, 2.75) is 13.8 Å². The third-order valence-electron chi connectivity index (χ3n) is 8.41. The van der Waals surface area contributed by atoms with Gasteiger partial charge in [-0.3, -0.25) is 4.99 Å². The zero-order valence-electron chi connectivity index (χ0n) is 22.6. The molecule has 0 aliphatic carbocycles. The monoisotopic (exact) mass is 512 g/mol. The van der Waals surface area contributed by atoms with Gasteiger partial charge in [0.25, 0.3) is 0 Å². The summed E-state index contributed by atoms with van der Waals surface area (Å²) in [5.41, 5.74) is 7.47. The van der Waals surface area contributed by atoms with E-state index in [1.165, 1.54) is 71.0 Å². The quantitative estimate of drug-likeness (QED) is 0.166. The normalized spacial score (nSPS) is 13.2. The molecule has 2 nitrogen and oxygen atoms in total. The van der Waals surface area contributed by atoms with E-state index in [-0.39, 0.29) is 0 Å². The van der Waals surface area contributed by atoms with E-state index in [0.29, 0.717) is 0 Å². The summed E-state index contributed by atoms with van der Waals surface area (Å²) in [6.45, 7) is 5.00. The molecule has 6 aromatic carbocycles. The Morgan fingerprint density at radius 1 is 0.600 bits per heavy atom. The van der Waals surface area contributed by atoms with E-state index in [9.17, 15) is 0 Å². The van der Waals surface area contributed by atoms with Crippen molar-refractivity contribution in [2.75, 3.05) is 6.54 Å². The molecule has 2 aromatic heterocycles. The molecule has 2 heteroatoms. The Balaban J connectivity index is 1.72. The highest BCUT2D eigenvalue weighted by Gasteiger charge is 2.21. The van der Waals surface area contributed by atoms with Gasteiger partial charge in [0.1, 0.15) is 0 Å². The standard InChI is InChI=1S/C38H28N2/c1-3-33-37(39-4-2)30-20-12-18-28-31(25-15-9-6-10-16-25)23-32-29-19-11-17-27-26(24-13-7-5-8-14-24)21-22-34(35(27)29)40(33)38(32)36(28)30/h3,5-23H,4H2,1-2H3/b33-3+,39-37?. The molecule has 0 unspecified atom stereocenters. The summed E-state index contributed by atoms with van der Waals surface area (Å²) in [4.78, 5) is 5.11. The van der Waals surface area contributed by atoms with Crippen LogP contribution in [0.15, 0.2) is 120 Å². The lowest BCUT2D eigenvalue weighted by Crippen LogP contribution is -2.34. The topological polar surface area (TPSA) is 16.8 Å². The minimum atomic E-state index is 0.733. The fourth-order valence-electron chi connectivity index (χ4n) is 6.82. The third-order valence-corrected chi connectivity index (χ3v) is 8.41. The zero-order chi connectivity index (χ0) is 26.8. The van der Waals surface area contributed by atoms with Crippen LogP contribution in [0, 0.1) is 0 Å². The Hall–Kier alpha value is -4.95. The van der Waals surface area contributed by atoms with Crippen LogP contribution in [0.1, 0.15) is 13.8 Å². The van der Waals surface area contributed by atoms with Gasteiger partial charge in [-0.25, -0.2) is 0 Å². The SMILES string of the molecule is C/C=c1\c(=NCC)c2cccc3c(-c4ccccc4)cc4c5cccc6c(-c7ccccc7)ccc(c65)n1c4c32. The summed E-state index contributed by atoms with van der Waals surface area (Å²) >= 11 is 0. The molecule has 0 spiro atoms. The largest absolute Gasteiger partial charge is 0.307 e. The zero-order valence-corrected chi connectivity index (χ0v) is 22.6. The number of rotatable bonds is 3. The Bertz CT molecular complexity index is 2340. The first-order valence-electron chi connectivity index (χ1n) is 14.1. The lowest BCUT2D eigenvalue weighted by molar-refractivity contribution is 1.03. The fraction of sp³-hybridized carbons (Fsp3) is 0.0789. The molecule has 0 aliphatic heterocycles. The lowest BCUT2D eigenvalue weighted by atomic mass is 9.88. The number of pyridine rings is 2. The highest BCUT2D eigenvalue weighted by atomic mass is 14.9. The summed E-state index contributed by atoms with van der Waals surface area (Å²) in [5, 5.41) is 11.1. The van der Waals surface area contributed by atoms with E-state index in [2.05, 4.69) is 140 Å². The third kappa shape index (κ3) is 3.08. The first kappa shape index (κ1) is 23.0. The van der Waals surface area contributed by atoms with Gasteiger partial charge in [-0.15, -0.1) is 0 Å². The number of aromatic nitrogens is 1. The van der Waals surface area contributed by atoms with Crippen LogP contribution in [0.3, 0.4) is 0 Å². The van der Waals surface area contributed by atoms with Crippen molar-refractivity contribution in [3.8, 4) is 22.3 Å². The molecule has 0 saturated heterocycles. The molecule has 40 heavy (non-hydrogen) atoms. The second kappa shape index (κ2) is 8.79. The summed E-state index contributed by atoms with van der Waals surface area (Å²) in [6, 6.07) is 42.1. The summed E-state index contributed by atoms with van der Waals surface area (Å²) in [6.07, 6.45) is 2.23. The first-order valence-corrected chi connectivity index (χ1v) is 14.1. The number of hydrogen-bond donors (Lipinski definition) is 0. The van der Waals surface area contributed by atoms with Gasteiger partial charge >= 0.3 is 0 Å². The second-order valence-electron chi connectivity index (χ2n) is 10.5. The molecule has 0 aliphatic rings. The molecule has 0 saturated carbocycles. The van der Waals surface area contributed by atoms with E-state index in [0.717, 1.165) is 17.3 Å². The Morgan fingerprint density at radius 2 is 1.23 bits per heavy atom. The van der Waals surface area contributed by atoms with Gasteiger partial charge < -0.3 is 4.40 Å². The number of fused-ring (bicyclic) bond motifs is 2. The van der Waals surface area contributed by atoms with Crippen molar-refractivity contribution in [2.24, 2.45) is 4.99 Å². The molecule has 8 aromatic rings. The maximum atomic E-state index is 5.11. The molecule has 2 heterocycles. The van der Waals surface area contributed by atoms with Gasteiger partial charge in [0.2, 0.25) is 0 Å². The molecule has 0 amide bonds. The van der Waals surface area contributed by atoms with Gasteiger partial charge in [0.15, 0.2) is 0 Å². The van der Waals surface area contributed by atoms with Gasteiger partial charge in [0, 0.05) is 28.1 Å². The maximum absolute atomic E-state index is 5.11. The molecule has 0 atom stereocenters. The minimum Gasteiger partial charge on any atom is -0.307 e. The van der Waals surface area contributed by atoms with Crippen LogP contribution < -0.4 is 10.7 Å². The molecule has 0 bridgehead atoms. The molecule has 0 radical (unpaired) electrons. The Kier molecular flexibility index (Phi) is 5.05. The molecular weight excluding hydrogens is 484 g/mol. The van der Waals surface area contributed by atoms with Gasteiger partial charge in [-0.1, -0.05) is 109 Å². The predicted octanol–water partition coefficient (Wildman–Crippen LogP) is 8.76. The Labute approximate surface area is 232 Å². The van der Waals surface area contributed by atoms with E-state index >= 15 is 0 Å². The molecule has 8 rings (SSSR count). The fourth-order valence-corrected chi connectivity index (χ4v) is 6.82. The molecule has 0 fully saturated rings. The van der Waals surface area contributed by atoms with Gasteiger partial charge in [-0.05, 0) is 64.4 Å².